The number of carbonyl (C=O) groups is 5. The highest BCUT2D eigenvalue weighted by Gasteiger charge is 2.55. The second kappa shape index (κ2) is 16.6. The Labute approximate surface area is 303 Å². The van der Waals surface area contributed by atoms with E-state index in [1.165, 1.54) is 23.5 Å². The minimum Gasteiger partial charge on any atom is -0.347 e. The molecule has 1 saturated heterocycles. The first kappa shape index (κ1) is 39.6. The van der Waals surface area contributed by atoms with Crippen molar-refractivity contribution in [2.45, 2.75) is 147 Å². The maximum atomic E-state index is 15.3. The molecule has 0 spiro atoms. The standard InChI is InChI=1S/C37H54F3N7O5/c1-5-10-25(29(48)34(51)43-23-15-16-23)44-33(50)28-24-14-9-13-22(24)20-47(28)35(52)31(36(2,3)4)46-30(37(38,39)40)27(21-11-7-6-8-12-21)45-32(49)26-19-41-17-18-42-26/h17-19,21-25,27-28,30-31,46H,5-16,20H2,1-4H3,(H,43,51)(H,44,50)(H,45,49)/t22-,24-,25-,27?,28-,30-,31+/m0/s1. The van der Waals surface area contributed by atoms with Crippen molar-refractivity contribution in [2.75, 3.05) is 6.54 Å². The summed E-state index contributed by atoms with van der Waals surface area (Å²) in [4.78, 5) is 77.2. The molecule has 12 nitrogen and oxygen atoms in total. The van der Waals surface area contributed by atoms with Gasteiger partial charge in [-0.05, 0) is 68.1 Å². The van der Waals surface area contributed by atoms with E-state index in [4.69, 9.17) is 0 Å². The predicted octanol–water partition coefficient (Wildman–Crippen LogP) is 3.85. The molecular weight excluding hydrogens is 679 g/mol. The third kappa shape index (κ3) is 9.48. The Balaban J connectivity index is 1.43. The van der Waals surface area contributed by atoms with Crippen LogP contribution < -0.4 is 21.3 Å². The van der Waals surface area contributed by atoms with Gasteiger partial charge in [0.05, 0.1) is 24.3 Å². The number of nitrogens with one attached hydrogen (secondary N) is 4. The molecule has 0 aromatic carbocycles. The number of aromatic nitrogens is 2. The first-order valence-electron chi connectivity index (χ1n) is 18.9. The van der Waals surface area contributed by atoms with E-state index in [-0.39, 0.29) is 36.5 Å². The van der Waals surface area contributed by atoms with Crippen molar-refractivity contribution < 1.29 is 37.1 Å². The second-order valence-electron chi connectivity index (χ2n) is 16.2. The lowest BCUT2D eigenvalue weighted by Gasteiger charge is -2.43. The van der Waals surface area contributed by atoms with Crippen LogP contribution in [-0.2, 0) is 19.2 Å². The van der Waals surface area contributed by atoms with Crippen LogP contribution in [0.5, 0.6) is 0 Å². The smallest absolute Gasteiger partial charge is 0.347 e. The molecule has 3 aliphatic carbocycles. The number of ketones is 1. The van der Waals surface area contributed by atoms with Crippen LogP contribution in [-0.4, -0.2) is 93.3 Å². The zero-order valence-corrected chi connectivity index (χ0v) is 30.6. The SMILES string of the molecule is CCC[C@H](NC(=O)[C@@H]1[C@H]2CCC[C@H]2CN1C(=O)[C@@H](N[C@@H](C(NC(=O)c1cnccn1)C1CCCCC1)C(F)(F)F)C(C)(C)C)C(=O)C(=O)NC1CC1. The quantitative estimate of drug-likeness (QED) is 0.210. The van der Waals surface area contributed by atoms with E-state index in [1.807, 2.05) is 6.92 Å². The highest BCUT2D eigenvalue weighted by molar-refractivity contribution is 6.38. The third-order valence-corrected chi connectivity index (χ3v) is 11.2. The number of hydrogen-bond donors (Lipinski definition) is 4. The fourth-order valence-electron chi connectivity index (χ4n) is 8.37. The minimum atomic E-state index is -4.87. The van der Waals surface area contributed by atoms with Gasteiger partial charge in [-0.2, -0.15) is 13.2 Å². The third-order valence-electron chi connectivity index (χ3n) is 11.2. The van der Waals surface area contributed by atoms with Gasteiger partial charge in [0.2, 0.25) is 17.6 Å². The molecule has 3 saturated carbocycles. The summed E-state index contributed by atoms with van der Waals surface area (Å²) in [5.74, 6) is -4.30. The van der Waals surface area contributed by atoms with Crippen LogP contribution in [0.2, 0.25) is 0 Å². The Morgan fingerprint density at radius 1 is 0.923 bits per heavy atom. The summed E-state index contributed by atoms with van der Waals surface area (Å²) in [6.45, 7) is 7.03. The molecule has 5 rings (SSSR count). The van der Waals surface area contributed by atoms with E-state index in [0.717, 1.165) is 32.1 Å². The molecule has 2 heterocycles. The van der Waals surface area contributed by atoms with Crippen molar-refractivity contribution in [1.82, 2.24) is 36.1 Å². The Kier molecular flexibility index (Phi) is 12.6. The van der Waals surface area contributed by atoms with Crippen molar-refractivity contribution in [3.63, 3.8) is 0 Å². The van der Waals surface area contributed by atoms with Crippen LogP contribution in [0, 0.1) is 23.2 Å². The first-order valence-corrected chi connectivity index (χ1v) is 18.9. The summed E-state index contributed by atoms with van der Waals surface area (Å²) in [5, 5.41) is 10.8. The van der Waals surface area contributed by atoms with Gasteiger partial charge in [0.15, 0.2) is 0 Å². The predicted molar refractivity (Wildman–Crippen MR) is 185 cm³/mol. The van der Waals surface area contributed by atoms with Crippen molar-refractivity contribution in [1.29, 1.82) is 0 Å². The molecule has 15 heteroatoms. The van der Waals surface area contributed by atoms with Gasteiger partial charge in [0, 0.05) is 25.0 Å². The summed E-state index contributed by atoms with van der Waals surface area (Å²) in [6.07, 6.45) is 6.81. The lowest BCUT2D eigenvalue weighted by Crippen LogP contribution is -2.67. The lowest BCUT2D eigenvalue weighted by atomic mass is 9.79. The molecule has 1 aromatic rings. The maximum Gasteiger partial charge on any atom is 0.405 e. The van der Waals surface area contributed by atoms with E-state index >= 15 is 13.2 Å². The number of rotatable bonds is 14. The highest BCUT2D eigenvalue weighted by Crippen LogP contribution is 2.44. The molecule has 0 bridgehead atoms. The van der Waals surface area contributed by atoms with Crippen LogP contribution in [0.4, 0.5) is 13.2 Å². The number of nitrogens with zero attached hydrogens (tertiary/aromatic N) is 3. The molecule has 1 unspecified atom stereocenters. The number of alkyl halides is 3. The van der Waals surface area contributed by atoms with Crippen LogP contribution in [0.15, 0.2) is 18.6 Å². The van der Waals surface area contributed by atoms with Crippen LogP contribution in [0.1, 0.15) is 115 Å². The van der Waals surface area contributed by atoms with Crippen LogP contribution in [0.3, 0.4) is 0 Å². The van der Waals surface area contributed by atoms with Gasteiger partial charge in [-0.15, -0.1) is 0 Å². The molecule has 4 N–H and O–H groups in total. The van der Waals surface area contributed by atoms with Crippen LogP contribution in [0.25, 0.3) is 0 Å². The lowest BCUT2D eigenvalue weighted by molar-refractivity contribution is -0.172. The summed E-state index contributed by atoms with van der Waals surface area (Å²) in [6, 6.07) is -7.25. The minimum absolute atomic E-state index is 0.0292. The summed E-state index contributed by atoms with van der Waals surface area (Å²) in [5.41, 5.74) is -1.16. The first-order chi connectivity index (χ1) is 24.6. The summed E-state index contributed by atoms with van der Waals surface area (Å²) >= 11 is 0. The van der Waals surface area contributed by atoms with Gasteiger partial charge < -0.3 is 20.9 Å². The molecule has 1 aliphatic heterocycles. The zero-order valence-electron chi connectivity index (χ0n) is 30.6. The van der Waals surface area contributed by atoms with Crippen LogP contribution >= 0.6 is 0 Å². The van der Waals surface area contributed by atoms with Crippen molar-refractivity contribution in [2.24, 2.45) is 23.2 Å². The van der Waals surface area contributed by atoms with Gasteiger partial charge in [-0.1, -0.05) is 59.8 Å². The van der Waals surface area contributed by atoms with Crippen molar-refractivity contribution in [3.8, 4) is 0 Å². The average Bonchev–Trinajstić information content (AvgIpc) is 3.66. The van der Waals surface area contributed by atoms with E-state index in [0.29, 0.717) is 38.5 Å². The fourth-order valence-corrected chi connectivity index (χ4v) is 8.37. The Morgan fingerprint density at radius 3 is 2.23 bits per heavy atom. The van der Waals surface area contributed by atoms with Crippen molar-refractivity contribution >= 4 is 29.4 Å². The maximum absolute atomic E-state index is 15.3. The molecule has 4 amide bonds. The fraction of sp³-hybridized carbons (Fsp3) is 0.757. The Hall–Kier alpha value is -3.62. The van der Waals surface area contributed by atoms with Crippen molar-refractivity contribution in [3.05, 3.63) is 24.3 Å². The number of Topliss-reactive ketones (excluding diaryl/α,β-unsaturated/α-hetero) is 1. The summed E-state index contributed by atoms with van der Waals surface area (Å²) in [7, 11) is 0. The van der Waals surface area contributed by atoms with Gasteiger partial charge in [-0.25, -0.2) is 4.98 Å². The Morgan fingerprint density at radius 2 is 1.63 bits per heavy atom. The average molecular weight is 734 g/mol. The highest BCUT2D eigenvalue weighted by atomic mass is 19.4. The number of fused-ring (bicyclic) bond motifs is 1. The monoisotopic (exact) mass is 733 g/mol. The molecule has 0 radical (unpaired) electrons. The molecule has 4 fully saturated rings. The van der Waals surface area contributed by atoms with Gasteiger partial charge in [0.25, 0.3) is 11.8 Å². The van der Waals surface area contributed by atoms with E-state index in [2.05, 4.69) is 31.2 Å². The van der Waals surface area contributed by atoms with Gasteiger partial charge in [-0.3, -0.25) is 34.3 Å². The molecule has 1 aromatic heterocycles. The number of hydrogen-bond acceptors (Lipinski definition) is 8. The van der Waals surface area contributed by atoms with Gasteiger partial charge >= 0.3 is 6.18 Å². The Bertz CT molecular complexity index is 1440. The molecule has 7 atom stereocenters. The molecule has 4 aliphatic rings. The van der Waals surface area contributed by atoms with E-state index in [1.54, 1.807) is 20.8 Å². The molecular formula is C37H54F3N7O5. The number of halogens is 3. The number of amides is 4. The van der Waals surface area contributed by atoms with E-state index < -0.39 is 77.1 Å². The zero-order chi connectivity index (χ0) is 37.8. The number of likely N-dealkylation sites (tertiary alicyclic amines) is 1. The van der Waals surface area contributed by atoms with Gasteiger partial charge in [0.1, 0.15) is 17.8 Å². The van der Waals surface area contributed by atoms with E-state index in [9.17, 15) is 24.0 Å². The molecule has 52 heavy (non-hydrogen) atoms. The molecule has 288 valence electrons. The topological polar surface area (TPSA) is 162 Å². The number of carbonyl (C=O) groups excluding carboxylic acids is 5. The normalized spacial score (nSPS) is 24.7. The second-order valence-corrected chi connectivity index (χ2v) is 16.2. The largest absolute Gasteiger partial charge is 0.405 e. The summed E-state index contributed by atoms with van der Waals surface area (Å²) < 4.78 is 45.9.